The number of carboxylic acids is 1. The van der Waals surface area contributed by atoms with Crippen LogP contribution in [0.3, 0.4) is 0 Å². The molecule has 176 valence electrons. The minimum atomic E-state index is -1.04. The molecule has 1 aliphatic rings. The molecule has 2 N–H and O–H groups in total. The van der Waals surface area contributed by atoms with E-state index in [0.29, 0.717) is 28.1 Å². The number of para-hydroxylation sites is 1. The number of nitrogens with one attached hydrogen (secondary N) is 1. The highest BCUT2D eigenvalue weighted by Crippen LogP contribution is 2.29. The molecule has 4 amide bonds. The zero-order valence-corrected chi connectivity index (χ0v) is 19.2. The lowest BCUT2D eigenvalue weighted by Gasteiger charge is -2.27. The number of aryl methyl sites for hydroxylation is 1. The maximum absolute atomic E-state index is 13.1. The van der Waals surface area contributed by atoms with Crippen LogP contribution in [0, 0.1) is 6.92 Å². The molecule has 4 rings (SSSR count). The van der Waals surface area contributed by atoms with Gasteiger partial charge in [-0.1, -0.05) is 48.0 Å². The summed E-state index contributed by atoms with van der Waals surface area (Å²) in [5, 5.41) is 11.5. The molecule has 3 aromatic rings. The van der Waals surface area contributed by atoms with Crippen LogP contribution in [-0.4, -0.2) is 28.9 Å². The lowest BCUT2D eigenvalue weighted by atomic mass is 10.1. The third-order valence-corrected chi connectivity index (χ3v) is 5.59. The van der Waals surface area contributed by atoms with E-state index >= 15 is 0 Å². The number of carboxylic acid groups (broad SMARTS) is 1. The minimum absolute atomic E-state index is 0.0929. The van der Waals surface area contributed by atoms with Crippen LogP contribution in [0.25, 0.3) is 6.08 Å². The van der Waals surface area contributed by atoms with Crippen LogP contribution in [0.15, 0.2) is 72.3 Å². The molecule has 0 aromatic heterocycles. The third-order valence-electron chi connectivity index (χ3n) is 5.29. The SMILES string of the molecule is Cc1ccccc1N1C(=O)NC(=O)/C(=C\c2ccc(OCc3cccc(C(=O)O)c3)c(Cl)c2)C1=O. The maximum atomic E-state index is 13.1. The van der Waals surface area contributed by atoms with Crippen LogP contribution in [0.1, 0.15) is 27.0 Å². The Bertz CT molecular complexity index is 1400. The van der Waals surface area contributed by atoms with Crippen molar-refractivity contribution in [2.24, 2.45) is 0 Å². The van der Waals surface area contributed by atoms with Crippen molar-refractivity contribution >= 4 is 47.2 Å². The second-order valence-electron chi connectivity index (χ2n) is 7.73. The fourth-order valence-electron chi connectivity index (χ4n) is 3.54. The fraction of sp³-hybridized carbons (Fsp3) is 0.0769. The average Bonchev–Trinajstić information content (AvgIpc) is 2.82. The summed E-state index contributed by atoms with van der Waals surface area (Å²) in [7, 11) is 0. The monoisotopic (exact) mass is 490 g/mol. The average molecular weight is 491 g/mol. The molecule has 0 atom stereocenters. The molecular formula is C26H19ClN2O6. The largest absolute Gasteiger partial charge is 0.487 e. The molecule has 1 fully saturated rings. The van der Waals surface area contributed by atoms with E-state index in [1.165, 1.54) is 24.3 Å². The lowest BCUT2D eigenvalue weighted by Crippen LogP contribution is -2.54. The number of aromatic carboxylic acids is 1. The molecule has 1 aliphatic heterocycles. The van der Waals surface area contributed by atoms with Crippen molar-refractivity contribution in [2.45, 2.75) is 13.5 Å². The van der Waals surface area contributed by atoms with Crippen molar-refractivity contribution in [3.8, 4) is 5.75 Å². The number of benzene rings is 3. The fourth-order valence-corrected chi connectivity index (χ4v) is 3.78. The van der Waals surface area contributed by atoms with E-state index in [0.717, 1.165) is 4.90 Å². The van der Waals surface area contributed by atoms with Crippen molar-refractivity contribution < 1.29 is 29.0 Å². The van der Waals surface area contributed by atoms with Gasteiger partial charge in [0, 0.05) is 0 Å². The van der Waals surface area contributed by atoms with Gasteiger partial charge in [-0.2, -0.15) is 0 Å². The molecule has 1 heterocycles. The minimum Gasteiger partial charge on any atom is -0.487 e. The third kappa shape index (κ3) is 5.07. The van der Waals surface area contributed by atoms with Gasteiger partial charge in [0.05, 0.1) is 16.3 Å². The van der Waals surface area contributed by atoms with Gasteiger partial charge in [-0.3, -0.25) is 14.9 Å². The van der Waals surface area contributed by atoms with Gasteiger partial charge < -0.3 is 9.84 Å². The topological polar surface area (TPSA) is 113 Å². The molecule has 0 aliphatic carbocycles. The summed E-state index contributed by atoms with van der Waals surface area (Å²) in [6.45, 7) is 1.85. The highest BCUT2D eigenvalue weighted by atomic mass is 35.5. The summed E-state index contributed by atoms with van der Waals surface area (Å²) in [6, 6.07) is 17.1. The molecule has 35 heavy (non-hydrogen) atoms. The summed E-state index contributed by atoms with van der Waals surface area (Å²) in [5.74, 6) is -2.25. The summed E-state index contributed by atoms with van der Waals surface area (Å²) in [6.07, 6.45) is 1.35. The Morgan fingerprint density at radius 3 is 2.54 bits per heavy atom. The molecule has 0 unspecified atom stereocenters. The quantitative estimate of drug-likeness (QED) is 0.386. The normalized spacial score (nSPS) is 14.7. The first-order chi connectivity index (χ1) is 16.7. The van der Waals surface area contributed by atoms with Gasteiger partial charge in [-0.15, -0.1) is 0 Å². The Morgan fingerprint density at radius 2 is 1.83 bits per heavy atom. The van der Waals surface area contributed by atoms with E-state index in [-0.39, 0.29) is 22.8 Å². The Balaban J connectivity index is 1.55. The lowest BCUT2D eigenvalue weighted by molar-refractivity contribution is -0.122. The number of hydrogen-bond acceptors (Lipinski definition) is 5. The van der Waals surface area contributed by atoms with E-state index in [4.69, 9.17) is 21.4 Å². The Hall–Kier alpha value is -4.43. The summed E-state index contributed by atoms with van der Waals surface area (Å²) in [4.78, 5) is 49.9. The first kappa shape index (κ1) is 23.7. The summed E-state index contributed by atoms with van der Waals surface area (Å²) >= 11 is 6.34. The van der Waals surface area contributed by atoms with Gasteiger partial charge in [-0.05, 0) is 60.0 Å². The molecule has 3 aromatic carbocycles. The predicted molar refractivity (Wildman–Crippen MR) is 129 cm³/mol. The van der Waals surface area contributed by atoms with Gasteiger partial charge in [0.15, 0.2) is 0 Å². The standard InChI is InChI=1S/C26H19ClN2O6/c1-15-5-2-3-8-21(15)29-24(31)19(23(30)28-26(29)34)12-16-9-10-22(20(27)13-16)35-14-17-6-4-7-18(11-17)25(32)33/h2-13H,14H2,1H3,(H,32,33)(H,28,30,34)/b19-12+. The highest BCUT2D eigenvalue weighted by molar-refractivity contribution is 6.39. The number of imide groups is 2. The highest BCUT2D eigenvalue weighted by Gasteiger charge is 2.37. The second-order valence-corrected chi connectivity index (χ2v) is 8.14. The molecule has 0 radical (unpaired) electrons. The molecule has 0 saturated carbocycles. The van der Waals surface area contributed by atoms with Crippen LogP contribution in [0.2, 0.25) is 5.02 Å². The molecule has 9 heteroatoms. The molecule has 0 spiro atoms. The van der Waals surface area contributed by atoms with Crippen molar-refractivity contribution in [3.63, 3.8) is 0 Å². The van der Waals surface area contributed by atoms with E-state index in [9.17, 15) is 19.2 Å². The van der Waals surface area contributed by atoms with Gasteiger partial charge in [0.1, 0.15) is 17.9 Å². The zero-order chi connectivity index (χ0) is 25.1. The first-order valence-corrected chi connectivity index (χ1v) is 10.8. The first-order valence-electron chi connectivity index (χ1n) is 10.5. The van der Waals surface area contributed by atoms with E-state index < -0.39 is 23.8 Å². The van der Waals surface area contributed by atoms with E-state index in [1.807, 2.05) is 0 Å². The summed E-state index contributed by atoms with van der Waals surface area (Å²) in [5.41, 5.74) is 2.10. The van der Waals surface area contributed by atoms with Gasteiger partial charge >= 0.3 is 12.0 Å². The number of urea groups is 1. The van der Waals surface area contributed by atoms with E-state index in [1.54, 1.807) is 55.5 Å². The van der Waals surface area contributed by atoms with Gasteiger partial charge in [-0.25, -0.2) is 14.5 Å². The van der Waals surface area contributed by atoms with Crippen molar-refractivity contribution in [1.29, 1.82) is 0 Å². The number of halogens is 1. The van der Waals surface area contributed by atoms with E-state index in [2.05, 4.69) is 5.32 Å². The number of hydrogen-bond donors (Lipinski definition) is 2. The van der Waals surface area contributed by atoms with Crippen LogP contribution >= 0.6 is 11.6 Å². The zero-order valence-electron chi connectivity index (χ0n) is 18.4. The summed E-state index contributed by atoms with van der Waals surface area (Å²) < 4.78 is 5.70. The van der Waals surface area contributed by atoms with Crippen molar-refractivity contribution in [2.75, 3.05) is 4.90 Å². The number of nitrogens with zero attached hydrogens (tertiary/aromatic N) is 1. The number of rotatable bonds is 6. The number of barbiturate groups is 1. The second kappa shape index (κ2) is 9.82. The number of anilines is 1. The van der Waals surface area contributed by atoms with Crippen LogP contribution in [0.5, 0.6) is 5.75 Å². The number of ether oxygens (including phenoxy) is 1. The Labute approximate surface area is 205 Å². The van der Waals surface area contributed by atoms with Crippen molar-refractivity contribution in [3.05, 3.63) is 99.6 Å². The van der Waals surface area contributed by atoms with Crippen molar-refractivity contribution in [1.82, 2.24) is 5.32 Å². The molecule has 1 saturated heterocycles. The maximum Gasteiger partial charge on any atom is 0.335 e. The molecular weight excluding hydrogens is 472 g/mol. The Kier molecular flexibility index (Phi) is 6.66. The molecule has 8 nitrogen and oxygen atoms in total. The predicted octanol–water partition coefficient (Wildman–Crippen LogP) is 4.59. The Morgan fingerprint density at radius 1 is 1.06 bits per heavy atom. The van der Waals surface area contributed by atoms with Gasteiger partial charge in [0.25, 0.3) is 11.8 Å². The smallest absolute Gasteiger partial charge is 0.335 e. The number of carbonyl (C=O) groups is 4. The van der Waals surface area contributed by atoms with Gasteiger partial charge in [0.2, 0.25) is 0 Å². The molecule has 0 bridgehead atoms. The van der Waals surface area contributed by atoms with Crippen LogP contribution < -0.4 is 15.0 Å². The van der Waals surface area contributed by atoms with Crippen LogP contribution in [0.4, 0.5) is 10.5 Å². The number of carbonyl (C=O) groups excluding carboxylic acids is 3. The number of amides is 4. The van der Waals surface area contributed by atoms with Crippen LogP contribution in [-0.2, 0) is 16.2 Å².